The average Bonchev–Trinajstić information content (AvgIpc) is 2.69. The van der Waals surface area contributed by atoms with E-state index in [1.807, 2.05) is 5.38 Å². The van der Waals surface area contributed by atoms with Crippen molar-refractivity contribution in [3.8, 4) is 11.8 Å². The van der Waals surface area contributed by atoms with E-state index in [9.17, 15) is 4.39 Å². The van der Waals surface area contributed by atoms with Crippen LogP contribution in [0.15, 0.2) is 35.8 Å². The summed E-state index contributed by atoms with van der Waals surface area (Å²) in [6.45, 7) is 0. The van der Waals surface area contributed by atoms with Crippen molar-refractivity contribution in [2.45, 2.75) is 0 Å². The molecule has 14 heavy (non-hydrogen) atoms. The first-order valence-corrected chi connectivity index (χ1v) is 4.90. The molecule has 68 valence electrons. The lowest BCUT2D eigenvalue weighted by molar-refractivity contribution is 0.624. The quantitative estimate of drug-likeness (QED) is 0.600. The van der Waals surface area contributed by atoms with Gasteiger partial charge < -0.3 is 0 Å². The summed E-state index contributed by atoms with van der Waals surface area (Å²) in [5.41, 5.74) is 0.405. The molecule has 0 saturated heterocycles. The molecule has 0 N–H and O–H groups in total. The average molecular weight is 203 g/mol. The maximum absolute atomic E-state index is 13.1. The highest BCUT2D eigenvalue weighted by molar-refractivity contribution is 7.10. The van der Waals surface area contributed by atoms with Gasteiger partial charge in [0.05, 0.1) is 5.56 Å². The largest absolute Gasteiger partial charge is 0.236 e. The van der Waals surface area contributed by atoms with Crippen molar-refractivity contribution in [1.29, 1.82) is 0 Å². The van der Waals surface area contributed by atoms with Crippen LogP contribution < -0.4 is 0 Å². The Morgan fingerprint density at radius 3 is 2.79 bits per heavy atom. The fourth-order valence-corrected chi connectivity index (χ4v) is 1.45. The lowest BCUT2D eigenvalue weighted by Crippen LogP contribution is -1.80. The number of aromatic nitrogens is 1. The fraction of sp³-hybridized carbons (Fsp3) is 0. The summed E-state index contributed by atoms with van der Waals surface area (Å²) >= 11 is 1.44. The SMILES string of the molecule is Fc1ccccc1C#Cc1nccs1. The van der Waals surface area contributed by atoms with Crippen molar-refractivity contribution >= 4 is 11.3 Å². The van der Waals surface area contributed by atoms with Gasteiger partial charge in [0.1, 0.15) is 5.82 Å². The van der Waals surface area contributed by atoms with Gasteiger partial charge in [0.15, 0.2) is 5.01 Å². The minimum Gasteiger partial charge on any atom is -0.236 e. The van der Waals surface area contributed by atoms with Crippen LogP contribution in [0.5, 0.6) is 0 Å². The standard InChI is InChI=1S/C11H6FNS/c12-10-4-2-1-3-9(10)5-6-11-13-7-8-14-11/h1-4,7-8H. The number of benzene rings is 1. The highest BCUT2D eigenvalue weighted by Gasteiger charge is 1.95. The molecule has 1 nitrogen and oxygen atoms in total. The molecule has 0 aliphatic heterocycles. The van der Waals surface area contributed by atoms with Crippen molar-refractivity contribution in [2.75, 3.05) is 0 Å². The van der Waals surface area contributed by atoms with Crippen LogP contribution in [0.4, 0.5) is 4.39 Å². The molecule has 0 aliphatic rings. The second-order valence-electron chi connectivity index (χ2n) is 2.57. The number of hydrogen-bond acceptors (Lipinski definition) is 2. The zero-order valence-corrected chi connectivity index (χ0v) is 8.01. The minimum atomic E-state index is -0.295. The highest BCUT2D eigenvalue weighted by atomic mass is 32.1. The maximum atomic E-state index is 13.1. The molecule has 0 amide bonds. The number of hydrogen-bond donors (Lipinski definition) is 0. The molecule has 0 saturated carbocycles. The van der Waals surface area contributed by atoms with Gasteiger partial charge in [-0.15, -0.1) is 11.3 Å². The van der Waals surface area contributed by atoms with Crippen molar-refractivity contribution in [3.05, 3.63) is 52.2 Å². The number of halogens is 1. The van der Waals surface area contributed by atoms with E-state index in [1.165, 1.54) is 17.4 Å². The van der Waals surface area contributed by atoms with E-state index in [0.29, 0.717) is 10.6 Å². The van der Waals surface area contributed by atoms with E-state index in [0.717, 1.165) is 0 Å². The van der Waals surface area contributed by atoms with E-state index >= 15 is 0 Å². The second-order valence-corrected chi connectivity index (χ2v) is 3.46. The first-order chi connectivity index (χ1) is 6.86. The normalized spacial score (nSPS) is 9.21. The second kappa shape index (κ2) is 4.03. The molecule has 3 heteroatoms. The van der Waals surface area contributed by atoms with E-state index in [-0.39, 0.29) is 5.82 Å². The zero-order chi connectivity index (χ0) is 9.80. The Morgan fingerprint density at radius 2 is 2.07 bits per heavy atom. The van der Waals surface area contributed by atoms with Crippen molar-refractivity contribution in [2.24, 2.45) is 0 Å². The lowest BCUT2D eigenvalue weighted by Gasteiger charge is -1.90. The van der Waals surface area contributed by atoms with Crippen LogP contribution in [0.2, 0.25) is 0 Å². The van der Waals surface area contributed by atoms with E-state index in [1.54, 1.807) is 24.4 Å². The highest BCUT2D eigenvalue weighted by Crippen LogP contribution is 2.05. The van der Waals surface area contributed by atoms with Gasteiger partial charge in [-0.2, -0.15) is 0 Å². The molecule has 0 aliphatic carbocycles. The number of rotatable bonds is 0. The Labute approximate surface area is 85.2 Å². The molecule has 1 aromatic carbocycles. The molecule has 0 atom stereocenters. The summed E-state index contributed by atoms with van der Waals surface area (Å²) in [5.74, 6) is 5.24. The van der Waals surface area contributed by atoms with Gasteiger partial charge in [0, 0.05) is 11.6 Å². The number of nitrogens with zero attached hydrogens (tertiary/aromatic N) is 1. The zero-order valence-electron chi connectivity index (χ0n) is 7.20. The van der Waals surface area contributed by atoms with Crippen LogP contribution >= 0.6 is 11.3 Å². The van der Waals surface area contributed by atoms with Crippen LogP contribution in [0, 0.1) is 17.7 Å². The van der Waals surface area contributed by atoms with E-state index in [2.05, 4.69) is 16.8 Å². The molecule has 1 heterocycles. The Hall–Kier alpha value is -1.66. The molecule has 0 unspecified atom stereocenters. The van der Waals surface area contributed by atoms with Crippen LogP contribution in [0.25, 0.3) is 0 Å². The third-order valence-electron chi connectivity index (χ3n) is 1.61. The third kappa shape index (κ3) is 1.98. The van der Waals surface area contributed by atoms with Gasteiger partial charge in [0.2, 0.25) is 0 Å². The Kier molecular flexibility index (Phi) is 2.57. The van der Waals surface area contributed by atoms with Crippen LogP contribution in [0.1, 0.15) is 10.6 Å². The van der Waals surface area contributed by atoms with Crippen LogP contribution in [-0.4, -0.2) is 4.98 Å². The summed E-state index contributed by atoms with van der Waals surface area (Å²) in [6.07, 6.45) is 1.68. The molecule has 1 aromatic heterocycles. The molecule has 0 bridgehead atoms. The summed E-state index contributed by atoms with van der Waals surface area (Å²) < 4.78 is 13.1. The Bertz CT molecular complexity index is 479. The topological polar surface area (TPSA) is 12.9 Å². The van der Waals surface area contributed by atoms with Gasteiger partial charge in [-0.05, 0) is 18.1 Å². The van der Waals surface area contributed by atoms with Gasteiger partial charge in [-0.3, -0.25) is 0 Å². The monoisotopic (exact) mass is 203 g/mol. The van der Waals surface area contributed by atoms with Gasteiger partial charge >= 0.3 is 0 Å². The van der Waals surface area contributed by atoms with Crippen molar-refractivity contribution in [1.82, 2.24) is 4.98 Å². The predicted octanol–water partition coefficient (Wildman–Crippen LogP) is 2.68. The number of thiazole rings is 1. The fourth-order valence-electron chi connectivity index (χ4n) is 0.969. The summed E-state index contributed by atoms with van der Waals surface area (Å²) in [7, 11) is 0. The summed E-state index contributed by atoms with van der Waals surface area (Å²) in [4.78, 5) is 3.98. The smallest absolute Gasteiger partial charge is 0.167 e. The molecule has 0 fully saturated rings. The molecule has 2 aromatic rings. The molecule has 0 radical (unpaired) electrons. The molecule has 0 spiro atoms. The van der Waals surface area contributed by atoms with E-state index < -0.39 is 0 Å². The first-order valence-electron chi connectivity index (χ1n) is 4.02. The van der Waals surface area contributed by atoms with Crippen LogP contribution in [0.3, 0.4) is 0 Å². The summed E-state index contributed by atoms with van der Waals surface area (Å²) in [6, 6.07) is 6.45. The maximum Gasteiger partial charge on any atom is 0.167 e. The molecule has 2 rings (SSSR count). The summed E-state index contributed by atoms with van der Waals surface area (Å²) in [5, 5.41) is 2.54. The minimum absolute atomic E-state index is 0.295. The Morgan fingerprint density at radius 1 is 1.21 bits per heavy atom. The Balaban J connectivity index is 2.31. The molecular formula is C11H6FNS. The van der Waals surface area contributed by atoms with Gasteiger partial charge in [-0.1, -0.05) is 18.1 Å². The third-order valence-corrected chi connectivity index (χ3v) is 2.30. The van der Waals surface area contributed by atoms with E-state index in [4.69, 9.17) is 0 Å². The lowest BCUT2D eigenvalue weighted by atomic mass is 10.2. The predicted molar refractivity (Wildman–Crippen MR) is 54.5 cm³/mol. The van der Waals surface area contributed by atoms with Crippen molar-refractivity contribution in [3.63, 3.8) is 0 Å². The van der Waals surface area contributed by atoms with Crippen molar-refractivity contribution < 1.29 is 4.39 Å². The van der Waals surface area contributed by atoms with Crippen LogP contribution in [-0.2, 0) is 0 Å². The van der Waals surface area contributed by atoms with Gasteiger partial charge in [0.25, 0.3) is 0 Å². The molecular weight excluding hydrogens is 197 g/mol. The first kappa shape index (κ1) is 8.92. The van der Waals surface area contributed by atoms with Gasteiger partial charge in [-0.25, -0.2) is 9.37 Å².